The van der Waals surface area contributed by atoms with Gasteiger partial charge in [-0.2, -0.15) is 10.2 Å². The van der Waals surface area contributed by atoms with Gasteiger partial charge in [0, 0.05) is 29.2 Å². The van der Waals surface area contributed by atoms with Gasteiger partial charge < -0.3 is 20.7 Å². The Balaban J connectivity index is 1.36. The molecule has 4 atom stereocenters. The normalized spacial score (nSPS) is 23.0. The third-order valence-corrected chi connectivity index (χ3v) is 7.63. The van der Waals surface area contributed by atoms with Gasteiger partial charge in [-0.25, -0.2) is 9.78 Å². The van der Waals surface area contributed by atoms with Crippen molar-refractivity contribution in [1.29, 1.82) is 5.26 Å². The molecule has 1 aromatic carbocycles. The van der Waals surface area contributed by atoms with Crippen LogP contribution in [0, 0.1) is 29.1 Å². The number of aromatic nitrogens is 2. The number of halogens is 2. The maximum Gasteiger partial charge on any atom is 0.407 e. The zero-order valence-corrected chi connectivity index (χ0v) is 23.0. The fourth-order valence-electron chi connectivity index (χ4n) is 5.48. The summed E-state index contributed by atoms with van der Waals surface area (Å²) in [6.45, 7) is 6.78. The number of anilines is 2. The number of hydrogen-bond acceptors (Lipinski definition) is 7. The maximum absolute atomic E-state index is 12.4. The minimum Gasteiger partial charge on any atom is -0.444 e. The molecule has 10 heteroatoms. The number of amides is 1. The first kappa shape index (κ1) is 27.3. The minimum absolute atomic E-state index is 0.157. The van der Waals surface area contributed by atoms with E-state index >= 15 is 0 Å². The van der Waals surface area contributed by atoms with Gasteiger partial charge in [-0.3, -0.25) is 0 Å². The number of rotatable bonds is 7. The lowest BCUT2D eigenvalue weighted by molar-refractivity contribution is 0.0324. The summed E-state index contributed by atoms with van der Waals surface area (Å²) in [5.41, 5.74) is 0.762. The number of carbonyl (C=O) groups is 1. The third-order valence-electron chi connectivity index (χ3n) is 7.04. The first-order valence-electron chi connectivity index (χ1n) is 12.8. The van der Waals surface area contributed by atoms with Crippen molar-refractivity contribution in [3.8, 4) is 6.07 Å². The molecule has 1 amide bonds. The molecule has 4 rings (SSSR count). The number of alkyl carbamates (subject to hydrolysis) is 1. The van der Waals surface area contributed by atoms with Crippen molar-refractivity contribution in [2.24, 2.45) is 17.8 Å². The summed E-state index contributed by atoms with van der Waals surface area (Å²) in [7, 11) is 0. The van der Waals surface area contributed by atoms with E-state index in [1.165, 1.54) is 12.6 Å². The van der Waals surface area contributed by atoms with E-state index in [0.29, 0.717) is 58.2 Å². The van der Waals surface area contributed by atoms with E-state index in [9.17, 15) is 10.1 Å². The minimum atomic E-state index is -0.509. The molecule has 37 heavy (non-hydrogen) atoms. The second kappa shape index (κ2) is 11.7. The molecule has 0 radical (unpaired) electrons. The van der Waals surface area contributed by atoms with E-state index in [4.69, 9.17) is 27.9 Å². The molecule has 198 valence electrons. The summed E-state index contributed by atoms with van der Waals surface area (Å²) >= 11 is 12.2. The van der Waals surface area contributed by atoms with Crippen LogP contribution in [0.4, 0.5) is 16.6 Å². The average Bonchev–Trinajstić information content (AvgIpc) is 2.81. The smallest absolute Gasteiger partial charge is 0.407 e. The lowest BCUT2D eigenvalue weighted by atomic mass is 9.64. The molecule has 2 bridgehead atoms. The number of fused-ring (bicyclic) bond motifs is 2. The predicted octanol–water partition coefficient (Wildman–Crippen LogP) is 6.40. The lowest BCUT2D eigenvalue weighted by Gasteiger charge is -2.46. The number of nitrogens with one attached hydrogen (secondary N) is 3. The van der Waals surface area contributed by atoms with Crippen molar-refractivity contribution in [2.75, 3.05) is 17.2 Å². The van der Waals surface area contributed by atoms with E-state index in [0.717, 1.165) is 31.2 Å². The predicted molar refractivity (Wildman–Crippen MR) is 146 cm³/mol. The Bertz CT molecular complexity index is 1150. The van der Waals surface area contributed by atoms with Gasteiger partial charge in [0.25, 0.3) is 0 Å². The van der Waals surface area contributed by atoms with Gasteiger partial charge in [-0.15, -0.1) is 0 Å². The molecule has 0 aliphatic heterocycles. The fraction of sp³-hybridized carbons (Fsp3) is 0.556. The van der Waals surface area contributed by atoms with Crippen LogP contribution in [0.2, 0.25) is 10.0 Å². The molecular weight excluding hydrogens is 511 g/mol. The summed E-state index contributed by atoms with van der Waals surface area (Å²) in [5.74, 6) is 2.21. The highest BCUT2D eigenvalue weighted by Crippen LogP contribution is 2.43. The van der Waals surface area contributed by atoms with Gasteiger partial charge in [0.2, 0.25) is 5.95 Å². The second-order valence-electron chi connectivity index (χ2n) is 11.0. The lowest BCUT2D eigenvalue weighted by Crippen LogP contribution is -2.52. The Morgan fingerprint density at radius 2 is 1.92 bits per heavy atom. The Hall–Kier alpha value is -2.76. The summed E-state index contributed by atoms with van der Waals surface area (Å²) in [6, 6.07) is 7.66. The van der Waals surface area contributed by atoms with Gasteiger partial charge in [0.1, 0.15) is 23.1 Å². The van der Waals surface area contributed by atoms with Crippen molar-refractivity contribution in [2.45, 2.75) is 71.1 Å². The number of hydrogen-bond donors (Lipinski definition) is 3. The van der Waals surface area contributed by atoms with Crippen molar-refractivity contribution < 1.29 is 9.53 Å². The van der Waals surface area contributed by atoms with Crippen LogP contribution >= 0.6 is 23.2 Å². The zero-order valence-electron chi connectivity index (χ0n) is 21.5. The van der Waals surface area contributed by atoms with Crippen LogP contribution in [-0.4, -0.2) is 34.2 Å². The topological polar surface area (TPSA) is 112 Å². The summed E-state index contributed by atoms with van der Waals surface area (Å²) in [6.07, 6.45) is 6.62. The van der Waals surface area contributed by atoms with E-state index < -0.39 is 5.60 Å². The highest BCUT2D eigenvalue weighted by atomic mass is 35.5. The summed E-state index contributed by atoms with van der Waals surface area (Å²) in [5, 5.41) is 20.4. The molecule has 1 aromatic heterocycles. The number of nitriles is 1. The molecule has 2 saturated carbocycles. The van der Waals surface area contributed by atoms with Crippen LogP contribution in [0.3, 0.4) is 0 Å². The monoisotopic (exact) mass is 544 g/mol. The fourth-order valence-corrected chi connectivity index (χ4v) is 5.95. The molecule has 8 nitrogen and oxygen atoms in total. The van der Waals surface area contributed by atoms with Crippen molar-refractivity contribution in [3.05, 3.63) is 45.6 Å². The van der Waals surface area contributed by atoms with Gasteiger partial charge in [0.15, 0.2) is 0 Å². The molecule has 2 aromatic rings. The largest absolute Gasteiger partial charge is 0.444 e. The number of carbonyl (C=O) groups excluding carboxylic acids is 1. The standard InChI is InChI=1S/C27H34Cl2N6O2/c1-27(2,3)37-26(36)34-23-17-5-4-6-18(23)10-16(9-17)13-31-24-20(12-30)15-33-25(35-24)32-14-19-7-8-21(28)11-22(19)29/h7-8,11,15-18,23H,4-6,9-10,13-14H2,1-3H3,(H,34,36)(H2,31,32,33,35)/t16?,17-,18+,23-. The third kappa shape index (κ3) is 7.39. The van der Waals surface area contributed by atoms with Crippen LogP contribution in [0.5, 0.6) is 0 Å². The molecule has 1 unspecified atom stereocenters. The van der Waals surface area contributed by atoms with Gasteiger partial charge in [0.05, 0.1) is 6.20 Å². The number of benzene rings is 1. The molecule has 0 spiro atoms. The van der Waals surface area contributed by atoms with Crippen molar-refractivity contribution in [1.82, 2.24) is 15.3 Å². The molecule has 3 N–H and O–H groups in total. The molecule has 1 heterocycles. The Morgan fingerprint density at radius 3 is 2.57 bits per heavy atom. The highest BCUT2D eigenvalue weighted by Gasteiger charge is 2.41. The molecule has 0 saturated heterocycles. The first-order chi connectivity index (χ1) is 17.6. The molecule has 2 aliphatic carbocycles. The highest BCUT2D eigenvalue weighted by molar-refractivity contribution is 6.35. The molecule has 2 aliphatic rings. The summed E-state index contributed by atoms with van der Waals surface area (Å²) in [4.78, 5) is 21.2. The van der Waals surface area contributed by atoms with Crippen molar-refractivity contribution >= 4 is 41.1 Å². The van der Waals surface area contributed by atoms with Crippen LogP contribution in [-0.2, 0) is 11.3 Å². The van der Waals surface area contributed by atoms with E-state index in [1.54, 1.807) is 12.1 Å². The van der Waals surface area contributed by atoms with Crippen LogP contribution in [0.25, 0.3) is 0 Å². The Morgan fingerprint density at radius 1 is 1.19 bits per heavy atom. The van der Waals surface area contributed by atoms with Crippen LogP contribution in [0.15, 0.2) is 24.4 Å². The molecule has 2 fully saturated rings. The quantitative estimate of drug-likeness (QED) is 0.369. The maximum atomic E-state index is 12.4. The Kier molecular flexibility index (Phi) is 8.66. The van der Waals surface area contributed by atoms with Crippen molar-refractivity contribution in [3.63, 3.8) is 0 Å². The summed E-state index contributed by atoms with van der Waals surface area (Å²) < 4.78 is 5.51. The zero-order chi connectivity index (χ0) is 26.6. The van der Waals surface area contributed by atoms with E-state index in [2.05, 4.69) is 32.0 Å². The number of nitrogens with zero attached hydrogens (tertiary/aromatic N) is 3. The average molecular weight is 546 g/mol. The van der Waals surface area contributed by atoms with Crippen LogP contribution < -0.4 is 16.0 Å². The second-order valence-corrected chi connectivity index (χ2v) is 11.8. The van der Waals surface area contributed by atoms with Gasteiger partial charge in [-0.05, 0) is 81.9 Å². The van der Waals surface area contributed by atoms with E-state index in [-0.39, 0.29) is 12.1 Å². The Labute approximate surface area is 228 Å². The number of ether oxygens (including phenoxy) is 1. The van der Waals surface area contributed by atoms with E-state index in [1.807, 2.05) is 26.8 Å². The van der Waals surface area contributed by atoms with Gasteiger partial charge >= 0.3 is 6.09 Å². The SMILES string of the molecule is CC(C)(C)OC(=O)N[C@@H]1[C@@H]2CCC[C@H]1CC(CNc1nc(NCc3ccc(Cl)cc3Cl)ncc1C#N)C2. The molecular formula is C27H34Cl2N6O2. The van der Waals surface area contributed by atoms with Crippen LogP contribution in [0.1, 0.15) is 64.0 Å². The van der Waals surface area contributed by atoms with Gasteiger partial charge in [-0.1, -0.05) is 35.7 Å². The first-order valence-corrected chi connectivity index (χ1v) is 13.5.